The zero-order valence-corrected chi connectivity index (χ0v) is 11.7. The smallest absolute Gasteiger partial charge is 0.224 e. The van der Waals surface area contributed by atoms with Gasteiger partial charge in [-0.05, 0) is 26.0 Å². The lowest BCUT2D eigenvalue weighted by molar-refractivity contribution is 0.413. The van der Waals surface area contributed by atoms with Crippen molar-refractivity contribution >= 4 is 17.5 Å². The van der Waals surface area contributed by atoms with Crippen LogP contribution in [0.4, 0.5) is 21.8 Å². The van der Waals surface area contributed by atoms with Crippen LogP contribution >= 0.6 is 0 Å². The number of aryl methyl sites for hydroxylation is 1. The first-order valence-electron chi connectivity index (χ1n) is 6.32. The van der Waals surface area contributed by atoms with Gasteiger partial charge in [0.25, 0.3) is 0 Å². The van der Waals surface area contributed by atoms with Gasteiger partial charge in [0.05, 0.1) is 12.8 Å². The number of benzene rings is 1. The molecule has 0 aliphatic heterocycles. The summed E-state index contributed by atoms with van der Waals surface area (Å²) >= 11 is 0. The topological polar surface area (TPSA) is 59.1 Å². The van der Waals surface area contributed by atoms with Gasteiger partial charge in [0.2, 0.25) is 5.95 Å². The van der Waals surface area contributed by atoms with E-state index >= 15 is 0 Å². The monoisotopic (exact) mass is 276 g/mol. The Kier molecular flexibility index (Phi) is 4.34. The van der Waals surface area contributed by atoms with Gasteiger partial charge in [-0.3, -0.25) is 0 Å². The molecule has 0 aliphatic carbocycles. The highest BCUT2D eigenvalue weighted by atomic mass is 19.1. The maximum Gasteiger partial charge on any atom is 0.224 e. The van der Waals surface area contributed by atoms with Crippen molar-refractivity contribution in [2.75, 3.05) is 24.3 Å². The fourth-order valence-electron chi connectivity index (χ4n) is 1.71. The van der Waals surface area contributed by atoms with Crippen LogP contribution in [0, 0.1) is 12.7 Å². The van der Waals surface area contributed by atoms with Gasteiger partial charge in [-0.2, -0.15) is 4.98 Å². The van der Waals surface area contributed by atoms with Gasteiger partial charge in [-0.1, -0.05) is 0 Å². The first kappa shape index (κ1) is 14.0. The van der Waals surface area contributed by atoms with Crippen molar-refractivity contribution < 1.29 is 9.13 Å². The van der Waals surface area contributed by atoms with Crippen LogP contribution in [-0.4, -0.2) is 23.6 Å². The highest BCUT2D eigenvalue weighted by Crippen LogP contribution is 2.28. The maximum atomic E-state index is 13.2. The van der Waals surface area contributed by atoms with Crippen LogP contribution in [0.5, 0.6) is 5.75 Å². The molecular formula is C14H17FN4O. The van der Waals surface area contributed by atoms with Crippen LogP contribution in [-0.2, 0) is 0 Å². The minimum atomic E-state index is -0.347. The number of hydrogen-bond donors (Lipinski definition) is 2. The molecule has 1 heterocycles. The molecule has 0 bridgehead atoms. The Morgan fingerprint density at radius 1 is 1.35 bits per heavy atom. The lowest BCUT2D eigenvalue weighted by atomic mass is 10.2. The summed E-state index contributed by atoms with van der Waals surface area (Å²) in [7, 11) is 1.50. The molecule has 0 aliphatic rings. The van der Waals surface area contributed by atoms with E-state index in [0.29, 0.717) is 23.2 Å². The molecule has 0 spiro atoms. The number of anilines is 3. The maximum absolute atomic E-state index is 13.2. The second-order valence-corrected chi connectivity index (χ2v) is 4.23. The number of ether oxygens (including phenoxy) is 1. The molecule has 0 atom stereocenters. The summed E-state index contributed by atoms with van der Waals surface area (Å²) < 4.78 is 18.3. The largest absolute Gasteiger partial charge is 0.494 e. The first-order valence-corrected chi connectivity index (χ1v) is 6.32. The van der Waals surface area contributed by atoms with E-state index in [0.717, 1.165) is 12.1 Å². The van der Waals surface area contributed by atoms with Crippen molar-refractivity contribution in [3.8, 4) is 5.75 Å². The summed E-state index contributed by atoms with van der Waals surface area (Å²) in [5.74, 6) is 1.27. The number of hydrogen-bond acceptors (Lipinski definition) is 5. The second kappa shape index (κ2) is 6.18. The van der Waals surface area contributed by atoms with Crippen LogP contribution in [0.25, 0.3) is 0 Å². The quantitative estimate of drug-likeness (QED) is 0.878. The van der Waals surface area contributed by atoms with Gasteiger partial charge in [0.1, 0.15) is 17.4 Å². The Morgan fingerprint density at radius 3 is 2.85 bits per heavy atom. The predicted octanol–water partition coefficient (Wildman–Crippen LogP) is 3.11. The SMILES string of the molecule is CCNc1ncc(C)c(Nc2ccc(F)cc2OC)n1. The van der Waals surface area contributed by atoms with E-state index in [9.17, 15) is 4.39 Å². The molecule has 6 heteroatoms. The third kappa shape index (κ3) is 3.14. The Morgan fingerprint density at radius 2 is 2.15 bits per heavy atom. The van der Waals surface area contributed by atoms with Crippen molar-refractivity contribution in [2.24, 2.45) is 0 Å². The highest BCUT2D eigenvalue weighted by molar-refractivity contribution is 5.66. The molecular weight excluding hydrogens is 259 g/mol. The Bertz CT molecular complexity index is 604. The zero-order chi connectivity index (χ0) is 14.5. The Balaban J connectivity index is 2.31. The van der Waals surface area contributed by atoms with E-state index in [4.69, 9.17) is 4.74 Å². The normalized spacial score (nSPS) is 10.2. The van der Waals surface area contributed by atoms with Crippen molar-refractivity contribution in [2.45, 2.75) is 13.8 Å². The number of aromatic nitrogens is 2. The molecule has 5 nitrogen and oxygen atoms in total. The molecule has 20 heavy (non-hydrogen) atoms. The lowest BCUT2D eigenvalue weighted by Crippen LogP contribution is -2.06. The first-order chi connectivity index (χ1) is 9.63. The molecule has 2 aromatic rings. The standard InChI is InChI=1S/C14H17FN4O/c1-4-16-14-17-8-9(2)13(19-14)18-11-6-5-10(15)7-12(11)20-3/h5-8H,4H2,1-3H3,(H2,16,17,18,19). The molecule has 0 amide bonds. The Hall–Kier alpha value is -2.37. The van der Waals surface area contributed by atoms with Gasteiger partial charge in [-0.25, -0.2) is 9.37 Å². The lowest BCUT2D eigenvalue weighted by Gasteiger charge is -2.13. The number of nitrogens with zero attached hydrogens (tertiary/aromatic N) is 2. The number of rotatable bonds is 5. The van der Waals surface area contributed by atoms with Crippen LogP contribution in [0.3, 0.4) is 0 Å². The van der Waals surface area contributed by atoms with Crippen molar-refractivity contribution in [3.05, 3.63) is 35.8 Å². The fraction of sp³-hybridized carbons (Fsp3) is 0.286. The molecule has 0 radical (unpaired) electrons. The predicted molar refractivity (Wildman–Crippen MR) is 77.2 cm³/mol. The van der Waals surface area contributed by atoms with E-state index in [2.05, 4.69) is 20.6 Å². The average Bonchev–Trinajstić information content (AvgIpc) is 2.44. The Labute approximate surface area is 117 Å². The molecule has 0 unspecified atom stereocenters. The summed E-state index contributed by atoms with van der Waals surface area (Å²) in [6.45, 7) is 4.61. The molecule has 0 saturated carbocycles. The molecule has 106 valence electrons. The van der Waals surface area contributed by atoms with Gasteiger partial charge < -0.3 is 15.4 Å². The zero-order valence-electron chi connectivity index (χ0n) is 11.7. The number of methoxy groups -OCH3 is 1. The summed E-state index contributed by atoms with van der Waals surface area (Å²) in [6.07, 6.45) is 1.73. The van der Waals surface area contributed by atoms with Crippen LogP contribution in [0.2, 0.25) is 0 Å². The van der Waals surface area contributed by atoms with Gasteiger partial charge in [-0.15, -0.1) is 0 Å². The van der Waals surface area contributed by atoms with Gasteiger partial charge in [0.15, 0.2) is 0 Å². The van der Waals surface area contributed by atoms with Gasteiger partial charge >= 0.3 is 0 Å². The average molecular weight is 276 g/mol. The molecule has 1 aromatic carbocycles. The van der Waals surface area contributed by atoms with E-state index in [1.807, 2.05) is 13.8 Å². The molecule has 0 saturated heterocycles. The minimum Gasteiger partial charge on any atom is -0.494 e. The number of nitrogens with one attached hydrogen (secondary N) is 2. The van der Waals surface area contributed by atoms with E-state index in [1.165, 1.54) is 19.2 Å². The van der Waals surface area contributed by atoms with Crippen molar-refractivity contribution in [3.63, 3.8) is 0 Å². The highest BCUT2D eigenvalue weighted by Gasteiger charge is 2.08. The molecule has 2 N–H and O–H groups in total. The summed E-state index contributed by atoms with van der Waals surface area (Å²) in [5.41, 5.74) is 1.54. The van der Waals surface area contributed by atoms with Crippen LogP contribution < -0.4 is 15.4 Å². The van der Waals surface area contributed by atoms with E-state index in [-0.39, 0.29) is 5.82 Å². The third-order valence-corrected chi connectivity index (χ3v) is 2.72. The fourth-order valence-corrected chi connectivity index (χ4v) is 1.71. The minimum absolute atomic E-state index is 0.347. The third-order valence-electron chi connectivity index (χ3n) is 2.72. The van der Waals surface area contributed by atoms with Gasteiger partial charge in [0, 0.05) is 24.4 Å². The molecule has 1 aromatic heterocycles. The van der Waals surface area contributed by atoms with Crippen LogP contribution in [0.1, 0.15) is 12.5 Å². The summed E-state index contributed by atoms with van der Waals surface area (Å²) in [5, 5.41) is 6.18. The van der Waals surface area contributed by atoms with Crippen molar-refractivity contribution in [1.29, 1.82) is 0 Å². The summed E-state index contributed by atoms with van der Waals surface area (Å²) in [6, 6.07) is 4.30. The number of halogens is 1. The molecule has 2 rings (SSSR count). The van der Waals surface area contributed by atoms with E-state index < -0.39 is 0 Å². The molecule has 0 fully saturated rings. The summed E-state index contributed by atoms with van der Waals surface area (Å²) in [4.78, 5) is 8.55. The van der Waals surface area contributed by atoms with Crippen LogP contribution in [0.15, 0.2) is 24.4 Å². The second-order valence-electron chi connectivity index (χ2n) is 4.23. The van der Waals surface area contributed by atoms with Crippen molar-refractivity contribution in [1.82, 2.24) is 9.97 Å². The van der Waals surface area contributed by atoms with E-state index in [1.54, 1.807) is 12.3 Å².